The summed E-state index contributed by atoms with van der Waals surface area (Å²) < 4.78 is 4.97. The van der Waals surface area contributed by atoms with E-state index in [1.807, 2.05) is 0 Å². The van der Waals surface area contributed by atoms with E-state index in [1.54, 1.807) is 16.7 Å². The summed E-state index contributed by atoms with van der Waals surface area (Å²) in [6, 6.07) is -0.0518. The first kappa shape index (κ1) is 17.6. The van der Waals surface area contributed by atoms with E-state index in [1.165, 1.54) is 0 Å². The molecule has 2 aliphatic rings. The van der Waals surface area contributed by atoms with Crippen LogP contribution in [0.15, 0.2) is 0 Å². The maximum Gasteiger partial charge on any atom is 0.409 e. The molecule has 2 saturated heterocycles. The molecule has 0 spiro atoms. The molecule has 0 unspecified atom stereocenters. The molecule has 0 saturated carbocycles. The van der Waals surface area contributed by atoms with Gasteiger partial charge in [-0.1, -0.05) is 12.8 Å². The van der Waals surface area contributed by atoms with Crippen molar-refractivity contribution < 1.29 is 19.1 Å². The molecule has 0 bridgehead atoms. The van der Waals surface area contributed by atoms with E-state index in [0.29, 0.717) is 45.6 Å². The molecule has 0 aliphatic carbocycles. The molecule has 7 nitrogen and oxygen atoms in total. The smallest absolute Gasteiger partial charge is 0.409 e. The molecule has 0 radical (unpaired) electrons. The van der Waals surface area contributed by atoms with Crippen molar-refractivity contribution in [3.8, 4) is 0 Å². The Bertz CT molecular complexity index is 425. The van der Waals surface area contributed by atoms with E-state index in [4.69, 9.17) is 4.74 Å². The molecule has 2 aliphatic heterocycles. The van der Waals surface area contributed by atoms with Gasteiger partial charge in [-0.05, 0) is 32.6 Å². The van der Waals surface area contributed by atoms with Gasteiger partial charge < -0.3 is 19.9 Å². The minimum absolute atomic E-state index is 0.0518. The second kappa shape index (κ2) is 8.74. The van der Waals surface area contributed by atoms with E-state index >= 15 is 0 Å². The summed E-state index contributed by atoms with van der Waals surface area (Å²) in [5, 5.41) is 2.82. The molecular formula is C16H27N3O4. The third-order valence-corrected chi connectivity index (χ3v) is 4.44. The highest BCUT2D eigenvalue weighted by Crippen LogP contribution is 2.13. The third-order valence-electron chi connectivity index (χ3n) is 4.44. The van der Waals surface area contributed by atoms with Crippen molar-refractivity contribution in [1.82, 2.24) is 15.1 Å². The van der Waals surface area contributed by atoms with E-state index in [2.05, 4.69) is 5.32 Å². The standard InChI is InChI=1S/C16H27N3O4/c1-2-23-16(22)19-11-7-13(8-12-19)17-14(20)15(21)18-9-5-3-4-6-10-18/h13H,2-12H2,1H3,(H,17,20). The summed E-state index contributed by atoms with van der Waals surface area (Å²) in [6.07, 6.45) is 5.18. The van der Waals surface area contributed by atoms with Crippen LogP contribution in [-0.2, 0) is 14.3 Å². The van der Waals surface area contributed by atoms with Crippen molar-refractivity contribution in [2.75, 3.05) is 32.8 Å². The lowest BCUT2D eigenvalue weighted by molar-refractivity contribution is -0.146. The summed E-state index contributed by atoms with van der Waals surface area (Å²) in [5.41, 5.74) is 0. The van der Waals surface area contributed by atoms with Gasteiger partial charge in [-0.15, -0.1) is 0 Å². The van der Waals surface area contributed by atoms with Crippen molar-refractivity contribution in [3.05, 3.63) is 0 Å². The van der Waals surface area contributed by atoms with Crippen molar-refractivity contribution in [2.45, 2.75) is 51.5 Å². The van der Waals surface area contributed by atoms with Crippen LogP contribution in [0.1, 0.15) is 45.4 Å². The fraction of sp³-hybridized carbons (Fsp3) is 0.812. The quantitative estimate of drug-likeness (QED) is 0.772. The predicted molar refractivity (Wildman–Crippen MR) is 84.8 cm³/mol. The van der Waals surface area contributed by atoms with Gasteiger partial charge in [0.05, 0.1) is 6.61 Å². The van der Waals surface area contributed by atoms with Crippen molar-refractivity contribution in [3.63, 3.8) is 0 Å². The molecule has 0 aromatic heterocycles. The predicted octanol–water partition coefficient (Wildman–Crippen LogP) is 1.13. The topological polar surface area (TPSA) is 79.0 Å². The Kier molecular flexibility index (Phi) is 6.67. The molecule has 3 amide bonds. The Morgan fingerprint density at radius 3 is 2.13 bits per heavy atom. The molecular weight excluding hydrogens is 298 g/mol. The highest BCUT2D eigenvalue weighted by atomic mass is 16.6. The number of amides is 3. The van der Waals surface area contributed by atoms with Gasteiger partial charge in [0.15, 0.2) is 0 Å². The number of rotatable bonds is 2. The molecule has 2 fully saturated rings. The van der Waals surface area contributed by atoms with Crippen LogP contribution in [0, 0.1) is 0 Å². The number of likely N-dealkylation sites (tertiary alicyclic amines) is 2. The van der Waals surface area contributed by atoms with Crippen LogP contribution >= 0.6 is 0 Å². The van der Waals surface area contributed by atoms with E-state index in [9.17, 15) is 14.4 Å². The average Bonchev–Trinajstić information content (AvgIpc) is 2.84. The summed E-state index contributed by atoms with van der Waals surface area (Å²) in [7, 11) is 0. The van der Waals surface area contributed by atoms with Gasteiger partial charge in [-0.3, -0.25) is 9.59 Å². The van der Waals surface area contributed by atoms with Gasteiger partial charge >= 0.3 is 17.9 Å². The summed E-state index contributed by atoms with van der Waals surface area (Å²) in [5.74, 6) is -0.929. The average molecular weight is 325 g/mol. The molecule has 7 heteroatoms. The Morgan fingerprint density at radius 1 is 0.957 bits per heavy atom. The van der Waals surface area contributed by atoms with Crippen molar-refractivity contribution in [2.24, 2.45) is 0 Å². The fourth-order valence-electron chi connectivity index (χ4n) is 3.09. The highest BCUT2D eigenvalue weighted by Gasteiger charge is 2.28. The van der Waals surface area contributed by atoms with Gasteiger partial charge in [0.1, 0.15) is 0 Å². The van der Waals surface area contributed by atoms with Crippen LogP contribution in [0.5, 0.6) is 0 Å². The monoisotopic (exact) mass is 325 g/mol. The number of nitrogens with one attached hydrogen (secondary N) is 1. The van der Waals surface area contributed by atoms with Crippen LogP contribution in [0.2, 0.25) is 0 Å². The minimum Gasteiger partial charge on any atom is -0.450 e. The molecule has 130 valence electrons. The molecule has 2 rings (SSSR count). The summed E-state index contributed by atoms with van der Waals surface area (Å²) in [4.78, 5) is 39.3. The zero-order chi connectivity index (χ0) is 16.7. The van der Waals surface area contributed by atoms with E-state index < -0.39 is 11.8 Å². The Hall–Kier alpha value is -1.79. The normalized spacial score (nSPS) is 19.9. The van der Waals surface area contributed by atoms with Crippen LogP contribution in [0.4, 0.5) is 4.79 Å². The maximum atomic E-state index is 12.2. The van der Waals surface area contributed by atoms with E-state index in [0.717, 1.165) is 25.7 Å². The number of ether oxygens (including phenoxy) is 1. The lowest BCUT2D eigenvalue weighted by Crippen LogP contribution is -2.51. The SMILES string of the molecule is CCOC(=O)N1CCC(NC(=O)C(=O)N2CCCCCC2)CC1. The molecule has 0 aromatic rings. The molecule has 1 N–H and O–H groups in total. The van der Waals surface area contributed by atoms with E-state index in [-0.39, 0.29) is 12.1 Å². The molecule has 0 atom stereocenters. The number of piperidine rings is 1. The maximum absolute atomic E-state index is 12.2. The van der Waals surface area contributed by atoms with Crippen LogP contribution in [0.3, 0.4) is 0 Å². The number of hydrogen-bond acceptors (Lipinski definition) is 4. The van der Waals surface area contributed by atoms with Crippen molar-refractivity contribution in [1.29, 1.82) is 0 Å². The lowest BCUT2D eigenvalue weighted by Gasteiger charge is -2.31. The first-order valence-electron chi connectivity index (χ1n) is 8.63. The highest BCUT2D eigenvalue weighted by molar-refractivity contribution is 6.35. The van der Waals surface area contributed by atoms with Gasteiger partial charge in [0.25, 0.3) is 0 Å². The summed E-state index contributed by atoms with van der Waals surface area (Å²) >= 11 is 0. The number of hydrogen-bond donors (Lipinski definition) is 1. The summed E-state index contributed by atoms with van der Waals surface area (Å²) in [6.45, 7) is 4.57. The molecule has 2 heterocycles. The Morgan fingerprint density at radius 2 is 1.57 bits per heavy atom. The molecule has 0 aromatic carbocycles. The Labute approximate surface area is 137 Å². The van der Waals surface area contributed by atoms with Gasteiger partial charge in [-0.2, -0.15) is 0 Å². The van der Waals surface area contributed by atoms with Crippen LogP contribution in [-0.4, -0.2) is 66.5 Å². The largest absolute Gasteiger partial charge is 0.450 e. The van der Waals surface area contributed by atoms with Crippen LogP contribution in [0.25, 0.3) is 0 Å². The zero-order valence-corrected chi connectivity index (χ0v) is 13.9. The fourth-order valence-corrected chi connectivity index (χ4v) is 3.09. The van der Waals surface area contributed by atoms with Gasteiger partial charge in [0, 0.05) is 32.2 Å². The lowest BCUT2D eigenvalue weighted by atomic mass is 10.1. The minimum atomic E-state index is -0.513. The third kappa shape index (κ3) is 5.11. The first-order valence-corrected chi connectivity index (χ1v) is 8.63. The zero-order valence-electron chi connectivity index (χ0n) is 13.9. The number of carbonyl (C=O) groups is 3. The van der Waals surface area contributed by atoms with Crippen molar-refractivity contribution >= 4 is 17.9 Å². The Balaban J connectivity index is 1.75. The first-order chi connectivity index (χ1) is 11.1. The number of carbonyl (C=O) groups excluding carboxylic acids is 3. The second-order valence-corrected chi connectivity index (χ2v) is 6.14. The van der Waals surface area contributed by atoms with Gasteiger partial charge in [0.2, 0.25) is 0 Å². The van der Waals surface area contributed by atoms with Gasteiger partial charge in [-0.25, -0.2) is 4.79 Å². The second-order valence-electron chi connectivity index (χ2n) is 6.14. The van der Waals surface area contributed by atoms with Crippen LogP contribution < -0.4 is 5.32 Å². The number of nitrogens with zero attached hydrogens (tertiary/aromatic N) is 2. The molecule has 23 heavy (non-hydrogen) atoms.